The summed E-state index contributed by atoms with van der Waals surface area (Å²) in [6.45, 7) is 0. The Morgan fingerprint density at radius 2 is 1.24 bits per heavy atom. The molecule has 2 heterocycles. The summed E-state index contributed by atoms with van der Waals surface area (Å²) in [5, 5.41) is 3.54. The van der Waals surface area contributed by atoms with E-state index in [0.29, 0.717) is 5.69 Å². The van der Waals surface area contributed by atoms with Crippen LogP contribution in [0.3, 0.4) is 0 Å². The van der Waals surface area contributed by atoms with Crippen molar-refractivity contribution in [3.63, 3.8) is 0 Å². The van der Waals surface area contributed by atoms with Gasteiger partial charge in [0.25, 0.3) is 0 Å². The van der Waals surface area contributed by atoms with Crippen molar-refractivity contribution >= 4 is 54.3 Å². The molecule has 7 rings (SSSR count). The lowest BCUT2D eigenvalue weighted by molar-refractivity contribution is 1.18. The quantitative estimate of drug-likeness (QED) is 0.227. The monoisotopic (exact) mass is 539 g/mol. The normalized spacial score (nSPS) is 11.5. The lowest BCUT2D eigenvalue weighted by Crippen LogP contribution is -1.96. The van der Waals surface area contributed by atoms with Gasteiger partial charge >= 0.3 is 0 Å². The third kappa shape index (κ3) is 3.52. The summed E-state index contributed by atoms with van der Waals surface area (Å²) >= 11 is 3.73. The molecule has 0 bridgehead atoms. The molecule has 0 fully saturated rings. The van der Waals surface area contributed by atoms with Crippen LogP contribution in [0.5, 0.6) is 0 Å². The molecule has 2 N–H and O–H groups in total. The van der Waals surface area contributed by atoms with Crippen molar-refractivity contribution in [2.45, 2.75) is 0 Å². The first-order chi connectivity index (χ1) is 18.2. The van der Waals surface area contributed by atoms with Gasteiger partial charge in [-0.25, -0.2) is 4.98 Å². The van der Waals surface area contributed by atoms with Crippen LogP contribution in [0, 0.1) is 0 Å². The van der Waals surface area contributed by atoms with Gasteiger partial charge in [0, 0.05) is 31.9 Å². The number of para-hydroxylation sites is 2. The maximum atomic E-state index is 6.43. The molecule has 5 aromatic carbocycles. The van der Waals surface area contributed by atoms with Crippen molar-refractivity contribution in [1.29, 1.82) is 0 Å². The second-order valence-corrected chi connectivity index (χ2v) is 10.1. The van der Waals surface area contributed by atoms with Gasteiger partial charge in [0.1, 0.15) is 0 Å². The Bertz CT molecular complexity index is 1880. The van der Waals surface area contributed by atoms with Gasteiger partial charge in [0.2, 0.25) is 0 Å². The third-order valence-electron chi connectivity index (χ3n) is 7.03. The van der Waals surface area contributed by atoms with E-state index in [4.69, 9.17) is 10.7 Å². The van der Waals surface area contributed by atoms with E-state index in [1.54, 1.807) is 0 Å². The number of hydrogen-bond donors (Lipinski definition) is 1. The summed E-state index contributed by atoms with van der Waals surface area (Å²) in [5.74, 6) is 0. The van der Waals surface area contributed by atoms with Crippen LogP contribution < -0.4 is 5.73 Å². The SMILES string of the molecule is Nc1ccc(Br)c2c(-c3ccccc3)cc(-c3ccc(-n4c5ccccc5c5ccccc54)cc3)nc12. The number of rotatable bonds is 3. The average Bonchev–Trinajstić information content (AvgIpc) is 3.29. The fourth-order valence-corrected chi connectivity index (χ4v) is 5.83. The van der Waals surface area contributed by atoms with E-state index >= 15 is 0 Å². The van der Waals surface area contributed by atoms with E-state index < -0.39 is 0 Å². The number of nitrogens with zero attached hydrogens (tertiary/aromatic N) is 2. The number of benzene rings is 5. The molecule has 0 aliphatic rings. The zero-order chi connectivity index (χ0) is 24.9. The number of pyridine rings is 1. The zero-order valence-electron chi connectivity index (χ0n) is 19.9. The molecule has 0 aliphatic heterocycles. The highest BCUT2D eigenvalue weighted by atomic mass is 79.9. The number of fused-ring (bicyclic) bond motifs is 4. The molecule has 37 heavy (non-hydrogen) atoms. The molecule has 0 saturated carbocycles. The van der Waals surface area contributed by atoms with Gasteiger partial charge in [-0.05, 0) is 53.6 Å². The standard InChI is InChI=1S/C33H22BrN3/c34-27-18-19-28(35)33-32(27)26(21-8-2-1-3-9-21)20-29(36-33)22-14-16-23(17-15-22)37-30-12-6-4-10-24(30)25-11-5-7-13-31(25)37/h1-20H,35H2. The number of hydrogen-bond acceptors (Lipinski definition) is 2. The molecule has 2 aromatic heterocycles. The van der Waals surface area contributed by atoms with Crippen molar-refractivity contribution in [3.8, 4) is 28.1 Å². The maximum Gasteiger partial charge on any atom is 0.0956 e. The van der Waals surface area contributed by atoms with Gasteiger partial charge in [-0.15, -0.1) is 0 Å². The van der Waals surface area contributed by atoms with Crippen LogP contribution in [-0.4, -0.2) is 9.55 Å². The highest BCUT2D eigenvalue weighted by Gasteiger charge is 2.15. The summed E-state index contributed by atoms with van der Waals surface area (Å²) in [6, 6.07) is 42.2. The first-order valence-electron chi connectivity index (χ1n) is 12.2. The van der Waals surface area contributed by atoms with Crippen LogP contribution in [-0.2, 0) is 0 Å². The molecule has 3 nitrogen and oxygen atoms in total. The Morgan fingerprint density at radius 3 is 1.92 bits per heavy atom. The average molecular weight is 540 g/mol. The van der Waals surface area contributed by atoms with E-state index in [9.17, 15) is 0 Å². The minimum atomic E-state index is 0.666. The minimum Gasteiger partial charge on any atom is -0.397 e. The Labute approximate surface area is 222 Å². The molecule has 0 unspecified atom stereocenters. The molecular weight excluding hydrogens is 518 g/mol. The summed E-state index contributed by atoms with van der Waals surface area (Å²) in [5.41, 5.74) is 15.6. The van der Waals surface area contributed by atoms with Crippen LogP contribution in [0.15, 0.2) is 126 Å². The van der Waals surface area contributed by atoms with Gasteiger partial charge in [-0.2, -0.15) is 0 Å². The van der Waals surface area contributed by atoms with E-state index in [0.717, 1.165) is 43.4 Å². The first kappa shape index (κ1) is 21.8. The van der Waals surface area contributed by atoms with Crippen molar-refractivity contribution < 1.29 is 0 Å². The molecule has 0 amide bonds. The number of nitrogen functional groups attached to an aromatic ring is 1. The van der Waals surface area contributed by atoms with Gasteiger partial charge in [-0.3, -0.25) is 0 Å². The van der Waals surface area contributed by atoms with E-state index in [1.165, 1.54) is 21.8 Å². The fourth-order valence-electron chi connectivity index (χ4n) is 5.30. The predicted octanol–water partition coefficient (Wildman–Crippen LogP) is 9.01. The van der Waals surface area contributed by atoms with E-state index in [2.05, 4.69) is 124 Å². The van der Waals surface area contributed by atoms with Crippen molar-refractivity contribution in [3.05, 3.63) is 126 Å². The maximum absolute atomic E-state index is 6.43. The van der Waals surface area contributed by atoms with Gasteiger partial charge in [0.15, 0.2) is 0 Å². The Balaban J connectivity index is 1.41. The topological polar surface area (TPSA) is 43.8 Å². The number of halogens is 1. The van der Waals surface area contributed by atoms with Crippen LogP contribution in [0.25, 0.3) is 60.8 Å². The van der Waals surface area contributed by atoms with Crippen LogP contribution >= 0.6 is 15.9 Å². The summed E-state index contributed by atoms with van der Waals surface area (Å²) in [7, 11) is 0. The largest absolute Gasteiger partial charge is 0.397 e. The lowest BCUT2D eigenvalue weighted by Gasteiger charge is -2.14. The van der Waals surface area contributed by atoms with Crippen molar-refractivity contribution in [2.24, 2.45) is 0 Å². The summed E-state index contributed by atoms with van der Waals surface area (Å²) < 4.78 is 3.31. The molecule has 0 radical (unpaired) electrons. The van der Waals surface area contributed by atoms with Gasteiger partial charge < -0.3 is 10.3 Å². The Morgan fingerprint density at radius 1 is 0.622 bits per heavy atom. The summed E-state index contributed by atoms with van der Waals surface area (Å²) in [6.07, 6.45) is 0. The van der Waals surface area contributed by atoms with Crippen molar-refractivity contribution in [1.82, 2.24) is 9.55 Å². The van der Waals surface area contributed by atoms with E-state index in [-0.39, 0.29) is 0 Å². The molecule has 0 saturated heterocycles. The molecule has 176 valence electrons. The second kappa shape index (κ2) is 8.61. The van der Waals surface area contributed by atoms with Crippen LogP contribution in [0.1, 0.15) is 0 Å². The van der Waals surface area contributed by atoms with E-state index in [1.807, 2.05) is 18.2 Å². The predicted molar refractivity (Wildman–Crippen MR) is 159 cm³/mol. The lowest BCUT2D eigenvalue weighted by atomic mass is 9.97. The Hall–Kier alpha value is -4.41. The number of anilines is 1. The highest BCUT2D eigenvalue weighted by Crippen LogP contribution is 2.39. The van der Waals surface area contributed by atoms with Gasteiger partial charge in [-0.1, -0.05) is 94.8 Å². The Kier molecular flexibility index (Phi) is 5.08. The fraction of sp³-hybridized carbons (Fsp3) is 0. The first-order valence-corrected chi connectivity index (χ1v) is 13.0. The second-order valence-electron chi connectivity index (χ2n) is 9.20. The molecular formula is C33H22BrN3. The molecule has 0 aliphatic carbocycles. The van der Waals surface area contributed by atoms with Crippen LogP contribution in [0.2, 0.25) is 0 Å². The molecule has 4 heteroatoms. The number of nitrogens with two attached hydrogens (primary N) is 1. The highest BCUT2D eigenvalue weighted by molar-refractivity contribution is 9.10. The molecule has 7 aromatic rings. The van der Waals surface area contributed by atoms with Crippen molar-refractivity contribution in [2.75, 3.05) is 5.73 Å². The third-order valence-corrected chi connectivity index (χ3v) is 7.69. The van der Waals surface area contributed by atoms with Crippen LogP contribution in [0.4, 0.5) is 5.69 Å². The van der Waals surface area contributed by atoms with Gasteiger partial charge in [0.05, 0.1) is 27.9 Å². The molecule has 0 spiro atoms. The smallest absolute Gasteiger partial charge is 0.0956 e. The number of aromatic nitrogens is 2. The molecule has 0 atom stereocenters. The summed E-state index contributed by atoms with van der Waals surface area (Å²) in [4.78, 5) is 5.02. The minimum absolute atomic E-state index is 0.666. The zero-order valence-corrected chi connectivity index (χ0v) is 21.5.